The summed E-state index contributed by atoms with van der Waals surface area (Å²) in [5.74, 6) is -1.78. The summed E-state index contributed by atoms with van der Waals surface area (Å²) in [6.45, 7) is 5.63. The third-order valence-corrected chi connectivity index (χ3v) is 2.36. The molecule has 0 amide bonds. The van der Waals surface area contributed by atoms with Gasteiger partial charge in [0, 0.05) is 11.6 Å². The van der Waals surface area contributed by atoms with E-state index < -0.39 is 11.8 Å². The molecular formula is C12H12FN3O3. The van der Waals surface area contributed by atoms with Crippen LogP contribution in [0.3, 0.4) is 0 Å². The molecule has 0 aliphatic rings. The number of halogens is 1. The minimum atomic E-state index is -1.25. The average Bonchev–Trinajstić information content (AvgIpc) is 2.77. The van der Waals surface area contributed by atoms with Crippen LogP contribution in [0.1, 0.15) is 37.0 Å². The van der Waals surface area contributed by atoms with Crippen molar-refractivity contribution in [2.24, 2.45) is 0 Å². The van der Waals surface area contributed by atoms with Gasteiger partial charge in [0.25, 0.3) is 5.89 Å². The Labute approximate surface area is 108 Å². The molecule has 0 atom stereocenters. The summed E-state index contributed by atoms with van der Waals surface area (Å²) < 4.78 is 19.1. The number of aromatic nitrogens is 3. The summed E-state index contributed by atoms with van der Waals surface area (Å²) >= 11 is 0. The molecule has 0 unspecified atom stereocenters. The van der Waals surface area contributed by atoms with Crippen LogP contribution in [-0.2, 0) is 5.41 Å². The van der Waals surface area contributed by atoms with E-state index in [2.05, 4.69) is 15.2 Å². The molecule has 6 nitrogen and oxygen atoms in total. The number of hydrogen-bond donors (Lipinski definition) is 1. The molecule has 0 radical (unpaired) electrons. The van der Waals surface area contributed by atoms with Gasteiger partial charge in [0.05, 0.1) is 5.56 Å². The predicted octanol–water partition coefficient (Wildman–Crippen LogP) is 2.27. The molecule has 2 heterocycles. The van der Waals surface area contributed by atoms with Crippen LogP contribution in [0.5, 0.6) is 0 Å². The van der Waals surface area contributed by atoms with E-state index in [0.29, 0.717) is 5.89 Å². The lowest BCUT2D eigenvalue weighted by Crippen LogP contribution is -2.11. The number of rotatable bonds is 2. The van der Waals surface area contributed by atoms with Crippen LogP contribution in [0.4, 0.5) is 4.39 Å². The molecule has 0 bridgehead atoms. The van der Waals surface area contributed by atoms with Gasteiger partial charge in [0.15, 0.2) is 11.5 Å². The molecule has 2 aromatic heterocycles. The maximum absolute atomic E-state index is 13.7. The molecule has 1 N–H and O–H groups in total. The van der Waals surface area contributed by atoms with Gasteiger partial charge in [-0.25, -0.2) is 14.2 Å². The summed E-state index contributed by atoms with van der Waals surface area (Å²) in [4.78, 5) is 14.4. The Morgan fingerprint density at radius 2 is 2.05 bits per heavy atom. The molecule has 2 rings (SSSR count). The Balaban J connectivity index is 2.43. The smallest absolute Gasteiger partial charge is 0.337 e. The lowest BCUT2D eigenvalue weighted by molar-refractivity contribution is 0.0696. The summed E-state index contributed by atoms with van der Waals surface area (Å²) in [6, 6.07) is 0.867. The van der Waals surface area contributed by atoms with Gasteiger partial charge in [-0.15, -0.1) is 10.2 Å². The fourth-order valence-electron chi connectivity index (χ4n) is 1.33. The van der Waals surface area contributed by atoms with Crippen molar-refractivity contribution in [1.29, 1.82) is 0 Å². The molecule has 7 heteroatoms. The topological polar surface area (TPSA) is 89.1 Å². The van der Waals surface area contributed by atoms with Gasteiger partial charge in [-0.3, -0.25) is 0 Å². The van der Waals surface area contributed by atoms with Crippen molar-refractivity contribution in [2.75, 3.05) is 0 Å². The zero-order valence-electron chi connectivity index (χ0n) is 10.6. The first-order valence-corrected chi connectivity index (χ1v) is 5.52. The minimum Gasteiger partial charge on any atom is -0.478 e. The van der Waals surface area contributed by atoms with E-state index in [4.69, 9.17) is 9.52 Å². The Bertz CT molecular complexity index is 631. The third kappa shape index (κ3) is 2.59. The van der Waals surface area contributed by atoms with E-state index >= 15 is 0 Å². The molecule has 0 fully saturated rings. The summed E-state index contributed by atoms with van der Waals surface area (Å²) in [5, 5.41) is 16.3. The van der Waals surface area contributed by atoms with Crippen molar-refractivity contribution in [1.82, 2.24) is 15.2 Å². The SMILES string of the molecule is CC(C)(C)c1nnc(-c2ncc(C(=O)O)cc2F)o1. The zero-order valence-corrected chi connectivity index (χ0v) is 10.6. The van der Waals surface area contributed by atoms with Crippen molar-refractivity contribution in [2.45, 2.75) is 26.2 Å². The molecule has 0 spiro atoms. The fraction of sp³-hybridized carbons (Fsp3) is 0.333. The second-order valence-electron chi connectivity index (χ2n) is 5.02. The van der Waals surface area contributed by atoms with E-state index in [1.807, 2.05) is 20.8 Å². The van der Waals surface area contributed by atoms with Gasteiger partial charge in [0.1, 0.15) is 0 Å². The molecule has 0 saturated heterocycles. The van der Waals surface area contributed by atoms with Crippen LogP contribution >= 0.6 is 0 Å². The van der Waals surface area contributed by atoms with Crippen molar-refractivity contribution in [3.05, 3.63) is 29.5 Å². The van der Waals surface area contributed by atoms with Crippen molar-refractivity contribution in [3.63, 3.8) is 0 Å². The van der Waals surface area contributed by atoms with Crippen LogP contribution in [0.2, 0.25) is 0 Å². The second kappa shape index (κ2) is 4.42. The summed E-state index contributed by atoms with van der Waals surface area (Å²) in [7, 11) is 0. The van der Waals surface area contributed by atoms with Gasteiger partial charge < -0.3 is 9.52 Å². The first kappa shape index (κ1) is 13.1. The number of carboxylic acids is 1. The van der Waals surface area contributed by atoms with Crippen LogP contribution in [0.15, 0.2) is 16.7 Å². The van der Waals surface area contributed by atoms with E-state index in [1.165, 1.54) is 0 Å². The largest absolute Gasteiger partial charge is 0.478 e. The first-order valence-electron chi connectivity index (χ1n) is 5.52. The van der Waals surface area contributed by atoms with Gasteiger partial charge in [-0.1, -0.05) is 20.8 Å². The number of hydrogen-bond acceptors (Lipinski definition) is 5. The highest BCUT2D eigenvalue weighted by atomic mass is 19.1. The van der Waals surface area contributed by atoms with E-state index in [1.54, 1.807) is 0 Å². The Kier molecular flexibility index (Phi) is 3.05. The van der Waals surface area contributed by atoms with E-state index in [9.17, 15) is 9.18 Å². The van der Waals surface area contributed by atoms with Gasteiger partial charge in [-0.05, 0) is 6.07 Å². The highest BCUT2D eigenvalue weighted by Crippen LogP contribution is 2.25. The predicted molar refractivity (Wildman–Crippen MR) is 63.1 cm³/mol. The lowest BCUT2D eigenvalue weighted by Gasteiger charge is -2.10. The molecule has 0 aliphatic heterocycles. The standard InChI is InChI=1S/C12H12FN3O3/c1-12(2,3)11-16-15-9(19-11)8-7(13)4-6(5-14-8)10(17)18/h4-5H,1-3H3,(H,17,18). The maximum atomic E-state index is 13.7. The van der Waals surface area contributed by atoms with Gasteiger partial charge in [0.2, 0.25) is 5.89 Å². The molecule has 19 heavy (non-hydrogen) atoms. The average molecular weight is 265 g/mol. The van der Waals surface area contributed by atoms with Crippen molar-refractivity contribution >= 4 is 5.97 Å². The number of carboxylic acid groups (broad SMARTS) is 1. The van der Waals surface area contributed by atoms with Crippen LogP contribution in [-0.4, -0.2) is 26.3 Å². The van der Waals surface area contributed by atoms with Crippen LogP contribution in [0, 0.1) is 5.82 Å². The quantitative estimate of drug-likeness (QED) is 0.895. The Morgan fingerprint density at radius 3 is 2.53 bits per heavy atom. The van der Waals surface area contributed by atoms with Crippen molar-refractivity contribution in [3.8, 4) is 11.6 Å². The number of nitrogens with zero attached hydrogens (tertiary/aromatic N) is 3. The van der Waals surface area contributed by atoms with Crippen LogP contribution < -0.4 is 0 Å². The maximum Gasteiger partial charge on any atom is 0.337 e. The Morgan fingerprint density at radius 1 is 1.37 bits per heavy atom. The number of aromatic carboxylic acids is 1. The summed E-state index contributed by atoms with van der Waals surface area (Å²) in [5.41, 5.74) is -0.757. The molecule has 0 aliphatic carbocycles. The third-order valence-electron chi connectivity index (χ3n) is 2.36. The second-order valence-corrected chi connectivity index (χ2v) is 5.02. The molecule has 0 saturated carbocycles. The van der Waals surface area contributed by atoms with E-state index in [0.717, 1.165) is 12.3 Å². The van der Waals surface area contributed by atoms with Gasteiger partial charge in [-0.2, -0.15) is 0 Å². The lowest BCUT2D eigenvalue weighted by atomic mass is 9.97. The molecule has 2 aromatic rings. The van der Waals surface area contributed by atoms with E-state index in [-0.39, 0.29) is 22.6 Å². The monoisotopic (exact) mass is 265 g/mol. The minimum absolute atomic E-state index is 0.0700. The zero-order chi connectivity index (χ0) is 14.2. The van der Waals surface area contributed by atoms with Gasteiger partial charge >= 0.3 is 5.97 Å². The van der Waals surface area contributed by atoms with Crippen LogP contribution in [0.25, 0.3) is 11.6 Å². The Hall–Kier alpha value is -2.31. The molecule has 0 aromatic carbocycles. The fourth-order valence-corrected chi connectivity index (χ4v) is 1.33. The number of pyridine rings is 1. The highest BCUT2D eigenvalue weighted by molar-refractivity contribution is 5.87. The molecule has 100 valence electrons. The van der Waals surface area contributed by atoms with Crippen molar-refractivity contribution < 1.29 is 18.7 Å². The highest BCUT2D eigenvalue weighted by Gasteiger charge is 2.24. The molecular weight excluding hydrogens is 253 g/mol. The first-order chi connectivity index (χ1) is 8.79. The normalized spacial score (nSPS) is 11.6. The summed E-state index contributed by atoms with van der Waals surface area (Å²) in [6.07, 6.45) is 1.04. The number of carbonyl (C=O) groups is 1.